The Morgan fingerprint density at radius 3 is 2.38 bits per heavy atom. The first-order valence-electron chi connectivity index (χ1n) is 7.50. The van der Waals surface area contributed by atoms with Crippen molar-refractivity contribution in [2.75, 3.05) is 6.26 Å². The predicted octanol–water partition coefficient (Wildman–Crippen LogP) is 4.92. The molecule has 0 saturated heterocycles. The molecular weight excluding hydrogens is 321 g/mol. The van der Waals surface area contributed by atoms with E-state index >= 15 is 0 Å². The fraction of sp³-hybridized carbons (Fsp3) is 0.0526. The van der Waals surface area contributed by atoms with Crippen LogP contribution in [0.1, 0.15) is 0 Å². The van der Waals surface area contributed by atoms with Gasteiger partial charge >= 0.3 is 0 Å². The summed E-state index contributed by atoms with van der Waals surface area (Å²) in [5.41, 5.74) is 3.67. The topological polar surface area (TPSA) is 30.2 Å². The molecule has 0 radical (unpaired) electrons. The Hall–Kier alpha value is -2.66. The summed E-state index contributed by atoms with van der Waals surface area (Å²) in [7, 11) is 0. The Labute approximate surface area is 143 Å². The average molecular weight is 335 g/mol. The Kier molecular flexibility index (Phi) is 3.78. The SMILES string of the molecule is CSc1ccc(-c2c(-c3ccc(F)cc3)nc3ncccn23)cc1. The lowest BCUT2D eigenvalue weighted by Gasteiger charge is -2.06. The average Bonchev–Trinajstić information content (AvgIpc) is 3.02. The molecule has 118 valence electrons. The minimum atomic E-state index is -0.258. The first kappa shape index (κ1) is 14.9. The molecule has 0 aliphatic rings. The van der Waals surface area contributed by atoms with Crippen LogP contribution in [-0.4, -0.2) is 20.6 Å². The molecule has 4 aromatic rings. The Morgan fingerprint density at radius 2 is 1.67 bits per heavy atom. The monoisotopic (exact) mass is 335 g/mol. The van der Waals surface area contributed by atoms with Crippen molar-refractivity contribution in [2.24, 2.45) is 0 Å². The minimum absolute atomic E-state index is 0.258. The van der Waals surface area contributed by atoms with Crippen LogP contribution < -0.4 is 0 Å². The third-order valence-electron chi connectivity index (χ3n) is 3.88. The highest BCUT2D eigenvalue weighted by Gasteiger charge is 2.16. The van der Waals surface area contributed by atoms with Crippen molar-refractivity contribution in [3.8, 4) is 22.5 Å². The molecule has 0 saturated carbocycles. The number of thioether (sulfide) groups is 1. The lowest BCUT2D eigenvalue weighted by molar-refractivity contribution is 0.628. The lowest BCUT2D eigenvalue weighted by Crippen LogP contribution is -1.90. The van der Waals surface area contributed by atoms with Crippen LogP contribution in [0, 0.1) is 5.82 Å². The fourth-order valence-corrected chi connectivity index (χ4v) is 3.13. The van der Waals surface area contributed by atoms with E-state index in [1.807, 2.05) is 16.7 Å². The van der Waals surface area contributed by atoms with Crippen LogP contribution in [0.3, 0.4) is 0 Å². The maximum Gasteiger partial charge on any atom is 0.234 e. The summed E-state index contributed by atoms with van der Waals surface area (Å²) < 4.78 is 15.2. The molecule has 0 fully saturated rings. The molecule has 0 bridgehead atoms. The van der Waals surface area contributed by atoms with E-state index in [1.165, 1.54) is 17.0 Å². The third kappa shape index (κ3) is 2.57. The highest BCUT2D eigenvalue weighted by molar-refractivity contribution is 7.98. The van der Waals surface area contributed by atoms with Crippen molar-refractivity contribution in [3.63, 3.8) is 0 Å². The van der Waals surface area contributed by atoms with E-state index < -0.39 is 0 Å². The van der Waals surface area contributed by atoms with E-state index in [0.29, 0.717) is 5.78 Å². The molecule has 5 heteroatoms. The second-order valence-electron chi connectivity index (χ2n) is 5.33. The molecule has 0 aliphatic heterocycles. The molecule has 0 amide bonds. The van der Waals surface area contributed by atoms with Crippen molar-refractivity contribution >= 4 is 17.5 Å². The van der Waals surface area contributed by atoms with Crippen LogP contribution in [0.15, 0.2) is 71.9 Å². The van der Waals surface area contributed by atoms with E-state index in [4.69, 9.17) is 0 Å². The number of halogens is 1. The summed E-state index contributed by atoms with van der Waals surface area (Å²) in [6.45, 7) is 0. The molecule has 2 heterocycles. The first-order chi connectivity index (χ1) is 11.8. The molecule has 0 atom stereocenters. The van der Waals surface area contributed by atoms with Gasteiger partial charge in [0.25, 0.3) is 0 Å². The van der Waals surface area contributed by atoms with Gasteiger partial charge in [0.15, 0.2) is 0 Å². The van der Waals surface area contributed by atoms with E-state index in [-0.39, 0.29) is 5.82 Å². The molecule has 0 spiro atoms. The minimum Gasteiger partial charge on any atom is -0.283 e. The van der Waals surface area contributed by atoms with Crippen LogP contribution in [-0.2, 0) is 0 Å². The molecular formula is C19H14FN3S. The molecule has 0 aliphatic carbocycles. The van der Waals surface area contributed by atoms with E-state index in [0.717, 1.165) is 22.5 Å². The second kappa shape index (κ2) is 6.09. The molecule has 0 N–H and O–H groups in total. The van der Waals surface area contributed by atoms with E-state index in [9.17, 15) is 4.39 Å². The standard InChI is InChI=1S/C19H14FN3S/c1-24-16-9-5-14(6-10-16)18-17(13-3-7-15(20)8-4-13)22-19-21-11-2-12-23(18)19/h2-12H,1H3. The summed E-state index contributed by atoms with van der Waals surface area (Å²) in [6, 6.07) is 16.6. The summed E-state index contributed by atoms with van der Waals surface area (Å²) >= 11 is 1.70. The summed E-state index contributed by atoms with van der Waals surface area (Å²) in [4.78, 5) is 10.2. The van der Waals surface area contributed by atoms with Crippen molar-refractivity contribution < 1.29 is 4.39 Å². The quantitative estimate of drug-likeness (QED) is 0.498. The smallest absolute Gasteiger partial charge is 0.234 e. The van der Waals surface area contributed by atoms with Crippen molar-refractivity contribution in [1.82, 2.24) is 14.4 Å². The number of nitrogens with zero attached hydrogens (tertiary/aromatic N) is 3. The fourth-order valence-electron chi connectivity index (χ4n) is 2.72. The van der Waals surface area contributed by atoms with Gasteiger partial charge in [0.1, 0.15) is 5.82 Å². The summed E-state index contributed by atoms with van der Waals surface area (Å²) in [5, 5.41) is 0. The van der Waals surface area contributed by atoms with Gasteiger partial charge in [-0.05, 0) is 48.7 Å². The van der Waals surface area contributed by atoms with Gasteiger partial charge in [0, 0.05) is 28.4 Å². The third-order valence-corrected chi connectivity index (χ3v) is 4.63. The normalized spacial score (nSPS) is 11.1. The number of fused-ring (bicyclic) bond motifs is 1. The van der Waals surface area contributed by atoms with E-state index in [1.54, 1.807) is 30.1 Å². The number of rotatable bonds is 3. The zero-order valence-corrected chi connectivity index (χ0v) is 13.8. The van der Waals surface area contributed by atoms with Crippen LogP contribution >= 0.6 is 11.8 Å². The van der Waals surface area contributed by atoms with Crippen molar-refractivity contribution in [3.05, 3.63) is 72.8 Å². The molecule has 2 aromatic carbocycles. The van der Waals surface area contributed by atoms with Gasteiger partial charge in [-0.25, -0.2) is 14.4 Å². The summed E-state index contributed by atoms with van der Waals surface area (Å²) in [5.74, 6) is 0.368. The van der Waals surface area contributed by atoms with Gasteiger partial charge in [-0.3, -0.25) is 4.40 Å². The lowest BCUT2D eigenvalue weighted by atomic mass is 10.0. The zero-order chi connectivity index (χ0) is 16.5. The van der Waals surface area contributed by atoms with Crippen LogP contribution in [0.25, 0.3) is 28.3 Å². The Bertz CT molecular complexity index is 991. The molecule has 0 unspecified atom stereocenters. The van der Waals surface area contributed by atoms with Gasteiger partial charge in [-0.1, -0.05) is 12.1 Å². The van der Waals surface area contributed by atoms with Crippen molar-refractivity contribution in [2.45, 2.75) is 4.90 Å². The van der Waals surface area contributed by atoms with E-state index in [2.05, 4.69) is 40.5 Å². The number of benzene rings is 2. The molecule has 4 rings (SSSR count). The molecule has 2 aromatic heterocycles. The highest BCUT2D eigenvalue weighted by atomic mass is 32.2. The largest absolute Gasteiger partial charge is 0.283 e. The summed E-state index contributed by atoms with van der Waals surface area (Å²) in [6.07, 6.45) is 5.72. The highest BCUT2D eigenvalue weighted by Crippen LogP contribution is 2.33. The van der Waals surface area contributed by atoms with Crippen LogP contribution in [0.5, 0.6) is 0 Å². The molecule has 24 heavy (non-hydrogen) atoms. The van der Waals surface area contributed by atoms with Crippen molar-refractivity contribution in [1.29, 1.82) is 0 Å². The van der Waals surface area contributed by atoms with Gasteiger partial charge < -0.3 is 0 Å². The van der Waals surface area contributed by atoms with Crippen LogP contribution in [0.2, 0.25) is 0 Å². The Morgan fingerprint density at radius 1 is 0.958 bits per heavy atom. The number of aromatic nitrogens is 3. The van der Waals surface area contributed by atoms with Gasteiger partial charge in [0.2, 0.25) is 5.78 Å². The number of imidazole rings is 1. The zero-order valence-electron chi connectivity index (χ0n) is 13.0. The Balaban J connectivity index is 1.97. The van der Waals surface area contributed by atoms with Gasteiger partial charge in [-0.2, -0.15) is 0 Å². The number of hydrogen-bond acceptors (Lipinski definition) is 3. The maximum absolute atomic E-state index is 13.3. The second-order valence-corrected chi connectivity index (χ2v) is 6.21. The predicted molar refractivity (Wildman–Crippen MR) is 95.6 cm³/mol. The van der Waals surface area contributed by atoms with Crippen LogP contribution in [0.4, 0.5) is 4.39 Å². The first-order valence-corrected chi connectivity index (χ1v) is 8.72. The van der Waals surface area contributed by atoms with Gasteiger partial charge in [0.05, 0.1) is 11.4 Å². The maximum atomic E-state index is 13.3. The van der Waals surface area contributed by atoms with Gasteiger partial charge in [-0.15, -0.1) is 11.8 Å². The number of hydrogen-bond donors (Lipinski definition) is 0. The molecule has 3 nitrogen and oxygen atoms in total.